The Balaban J connectivity index is 2.08. The summed E-state index contributed by atoms with van der Waals surface area (Å²) in [4.78, 5) is 26.1. The van der Waals surface area contributed by atoms with E-state index in [4.69, 9.17) is 14.2 Å². The molecule has 0 aromatic heterocycles. The third-order valence-corrected chi connectivity index (χ3v) is 10.2. The van der Waals surface area contributed by atoms with E-state index in [0.717, 1.165) is 83.1 Å². The summed E-state index contributed by atoms with van der Waals surface area (Å²) in [6.07, 6.45) is 36.0. The van der Waals surface area contributed by atoms with Crippen LogP contribution in [0.4, 0.5) is 0 Å². The summed E-state index contributed by atoms with van der Waals surface area (Å²) in [6.45, 7) is 7.34. The fourth-order valence-corrected chi connectivity index (χ4v) is 6.98. The lowest BCUT2D eigenvalue weighted by Crippen LogP contribution is -2.11. The van der Waals surface area contributed by atoms with Crippen molar-refractivity contribution in [2.45, 2.75) is 219 Å². The Morgan fingerprint density at radius 1 is 0.453 bits per heavy atom. The largest absolute Gasteiger partial charge is 0.494 e. The van der Waals surface area contributed by atoms with Gasteiger partial charge in [0.05, 0.1) is 19.8 Å². The van der Waals surface area contributed by atoms with Gasteiger partial charge in [-0.3, -0.25) is 9.59 Å². The van der Waals surface area contributed by atoms with Crippen molar-refractivity contribution in [3.05, 3.63) is 29.3 Å². The van der Waals surface area contributed by atoms with Crippen molar-refractivity contribution in [2.75, 3.05) is 33.9 Å². The molecule has 0 heterocycles. The van der Waals surface area contributed by atoms with Crippen molar-refractivity contribution in [1.82, 2.24) is 4.90 Å². The van der Waals surface area contributed by atoms with E-state index >= 15 is 0 Å². The lowest BCUT2D eigenvalue weighted by molar-refractivity contribution is -0.144. The standard InChI is InChI=1S/C47H85NO5/c1-5-7-9-11-15-22-28-34-46(49)52-37-31-25-18-14-13-17-21-27-33-43-39-44(42-48(3)4)41-45(40-43)51-36-30-24-19-20-26-32-38-53-47(50)35-29-23-16-12-10-8-6-2/h39-41H,5-38,42H2,1-4H3. The molecule has 0 saturated heterocycles. The number of nitrogens with zero attached hydrogens (tertiary/aromatic N) is 1. The number of carbonyl (C=O) groups is 2. The molecule has 6 heteroatoms. The Morgan fingerprint density at radius 2 is 0.830 bits per heavy atom. The lowest BCUT2D eigenvalue weighted by atomic mass is 10.0. The highest BCUT2D eigenvalue weighted by Crippen LogP contribution is 2.22. The Morgan fingerprint density at radius 3 is 1.28 bits per heavy atom. The van der Waals surface area contributed by atoms with E-state index < -0.39 is 0 Å². The summed E-state index contributed by atoms with van der Waals surface area (Å²) in [5, 5.41) is 0. The highest BCUT2D eigenvalue weighted by molar-refractivity contribution is 5.69. The Bertz CT molecular complexity index is 980. The molecular formula is C47H85NO5. The predicted molar refractivity (Wildman–Crippen MR) is 225 cm³/mol. The van der Waals surface area contributed by atoms with E-state index in [1.165, 1.54) is 133 Å². The molecule has 0 aliphatic rings. The summed E-state index contributed by atoms with van der Waals surface area (Å²) < 4.78 is 17.1. The molecule has 0 N–H and O–H groups in total. The predicted octanol–water partition coefficient (Wildman–Crippen LogP) is 13.5. The Labute approximate surface area is 328 Å². The molecule has 0 amide bonds. The summed E-state index contributed by atoms with van der Waals surface area (Å²) in [6, 6.07) is 6.84. The fourth-order valence-electron chi connectivity index (χ4n) is 6.98. The number of ether oxygens (including phenoxy) is 3. The van der Waals surface area contributed by atoms with Crippen LogP contribution in [-0.2, 0) is 32.0 Å². The number of hydrogen-bond donors (Lipinski definition) is 0. The van der Waals surface area contributed by atoms with E-state index in [-0.39, 0.29) is 11.9 Å². The molecule has 0 aliphatic carbocycles. The summed E-state index contributed by atoms with van der Waals surface area (Å²) in [5.41, 5.74) is 2.72. The molecule has 0 fully saturated rings. The van der Waals surface area contributed by atoms with Crippen LogP contribution < -0.4 is 4.74 Å². The van der Waals surface area contributed by atoms with Gasteiger partial charge in [0.1, 0.15) is 5.75 Å². The average molecular weight is 744 g/mol. The second-order valence-electron chi connectivity index (χ2n) is 16.0. The lowest BCUT2D eigenvalue weighted by Gasteiger charge is -2.14. The first-order valence-corrected chi connectivity index (χ1v) is 22.7. The van der Waals surface area contributed by atoms with Crippen LogP contribution in [0.25, 0.3) is 0 Å². The van der Waals surface area contributed by atoms with Gasteiger partial charge >= 0.3 is 11.9 Å². The molecule has 0 bridgehead atoms. The molecule has 1 rings (SSSR count). The maximum atomic E-state index is 11.9. The van der Waals surface area contributed by atoms with Crippen molar-refractivity contribution < 1.29 is 23.8 Å². The first-order valence-electron chi connectivity index (χ1n) is 22.7. The maximum absolute atomic E-state index is 11.9. The van der Waals surface area contributed by atoms with Gasteiger partial charge in [-0.25, -0.2) is 0 Å². The van der Waals surface area contributed by atoms with Gasteiger partial charge in [-0.15, -0.1) is 0 Å². The maximum Gasteiger partial charge on any atom is 0.305 e. The Hall–Kier alpha value is -2.08. The molecule has 1 aromatic rings. The third-order valence-electron chi connectivity index (χ3n) is 10.2. The molecule has 53 heavy (non-hydrogen) atoms. The average Bonchev–Trinajstić information content (AvgIpc) is 3.13. The first kappa shape index (κ1) is 48.9. The molecule has 0 atom stereocenters. The number of hydrogen-bond acceptors (Lipinski definition) is 6. The van der Waals surface area contributed by atoms with Crippen LogP contribution >= 0.6 is 0 Å². The monoisotopic (exact) mass is 744 g/mol. The van der Waals surface area contributed by atoms with E-state index in [1.807, 2.05) is 0 Å². The molecular weight excluding hydrogens is 659 g/mol. The molecule has 308 valence electrons. The zero-order chi connectivity index (χ0) is 38.5. The normalized spacial score (nSPS) is 11.3. The number of esters is 2. The zero-order valence-corrected chi connectivity index (χ0v) is 35.5. The van der Waals surface area contributed by atoms with Crippen molar-refractivity contribution >= 4 is 11.9 Å². The van der Waals surface area contributed by atoms with Crippen LogP contribution in [0.15, 0.2) is 18.2 Å². The molecule has 0 unspecified atom stereocenters. The van der Waals surface area contributed by atoms with E-state index in [9.17, 15) is 9.59 Å². The number of rotatable bonds is 39. The quantitative estimate of drug-likeness (QED) is 0.0494. The number of carbonyl (C=O) groups excluding carboxylic acids is 2. The van der Waals surface area contributed by atoms with Crippen LogP contribution in [-0.4, -0.2) is 50.8 Å². The fraction of sp³-hybridized carbons (Fsp3) is 0.830. The van der Waals surface area contributed by atoms with Crippen LogP contribution in [0.5, 0.6) is 5.75 Å². The highest BCUT2D eigenvalue weighted by atomic mass is 16.5. The van der Waals surface area contributed by atoms with Gasteiger partial charge in [0.15, 0.2) is 0 Å². The van der Waals surface area contributed by atoms with Crippen LogP contribution in [0.3, 0.4) is 0 Å². The minimum absolute atomic E-state index is 0.00607. The summed E-state index contributed by atoms with van der Waals surface area (Å²) in [7, 11) is 4.25. The van der Waals surface area contributed by atoms with Gasteiger partial charge in [0, 0.05) is 19.4 Å². The molecule has 0 saturated carbocycles. The van der Waals surface area contributed by atoms with Crippen molar-refractivity contribution in [3.63, 3.8) is 0 Å². The SMILES string of the molecule is CCCCCCCCCC(=O)OCCCCCCCCCCc1cc(CN(C)C)cc(OCCCCCCCCOC(=O)CCCCCCCCC)c1. The minimum Gasteiger partial charge on any atom is -0.494 e. The van der Waals surface area contributed by atoms with Gasteiger partial charge in [0.25, 0.3) is 0 Å². The van der Waals surface area contributed by atoms with Crippen LogP contribution in [0.1, 0.15) is 218 Å². The van der Waals surface area contributed by atoms with Gasteiger partial charge in [-0.05, 0) is 82.3 Å². The number of unbranched alkanes of at least 4 members (excludes halogenated alkanes) is 24. The van der Waals surface area contributed by atoms with Gasteiger partial charge < -0.3 is 19.1 Å². The topological polar surface area (TPSA) is 65.1 Å². The van der Waals surface area contributed by atoms with Gasteiger partial charge in [-0.2, -0.15) is 0 Å². The summed E-state index contributed by atoms with van der Waals surface area (Å²) in [5.74, 6) is 0.993. The second kappa shape index (κ2) is 36.9. The molecule has 0 radical (unpaired) electrons. The van der Waals surface area contributed by atoms with Gasteiger partial charge in [-0.1, -0.05) is 161 Å². The summed E-state index contributed by atoms with van der Waals surface area (Å²) >= 11 is 0. The van der Waals surface area contributed by atoms with E-state index in [2.05, 4.69) is 51.0 Å². The van der Waals surface area contributed by atoms with Gasteiger partial charge in [0.2, 0.25) is 0 Å². The third kappa shape index (κ3) is 33.0. The van der Waals surface area contributed by atoms with Crippen LogP contribution in [0.2, 0.25) is 0 Å². The smallest absolute Gasteiger partial charge is 0.305 e. The minimum atomic E-state index is -0.0162. The number of benzene rings is 1. The second-order valence-corrected chi connectivity index (χ2v) is 16.0. The van der Waals surface area contributed by atoms with Crippen molar-refractivity contribution in [3.8, 4) is 5.75 Å². The molecule has 1 aromatic carbocycles. The number of aryl methyl sites for hydroxylation is 1. The molecule has 0 spiro atoms. The van der Waals surface area contributed by atoms with E-state index in [1.54, 1.807) is 0 Å². The Kier molecular flexibility index (Phi) is 34.0. The van der Waals surface area contributed by atoms with Crippen molar-refractivity contribution in [1.29, 1.82) is 0 Å². The molecule has 0 aliphatic heterocycles. The highest BCUT2D eigenvalue weighted by Gasteiger charge is 2.06. The molecule has 6 nitrogen and oxygen atoms in total. The zero-order valence-electron chi connectivity index (χ0n) is 35.5. The first-order chi connectivity index (χ1) is 25.9. The van der Waals surface area contributed by atoms with Crippen LogP contribution in [0, 0.1) is 0 Å². The van der Waals surface area contributed by atoms with E-state index in [0.29, 0.717) is 26.1 Å². The van der Waals surface area contributed by atoms with Crippen molar-refractivity contribution in [2.24, 2.45) is 0 Å².